The average molecular weight is 503 g/mol. The molecular weight excluding hydrogens is 460 g/mol. The lowest BCUT2D eigenvalue weighted by atomic mass is 9.84. The van der Waals surface area contributed by atoms with Gasteiger partial charge < -0.3 is 18.3 Å². The number of esters is 2. The molecule has 2 aliphatic heterocycles. The molecule has 3 rings (SSSR count). The minimum absolute atomic E-state index is 0.0253. The van der Waals surface area contributed by atoms with Crippen LogP contribution in [0.1, 0.15) is 77.9 Å². The number of fused-ring (bicyclic) bond motifs is 4. The predicted octanol–water partition coefficient (Wildman–Crippen LogP) is 6.60. The number of allylic oxidation sites excluding steroid dienone is 1. The quantitative estimate of drug-likeness (QED) is 0.257. The Labute approximate surface area is 211 Å². The van der Waals surface area contributed by atoms with Crippen LogP contribution in [0.4, 0.5) is 0 Å². The molecular formula is C28H42O6Si. The van der Waals surface area contributed by atoms with Crippen LogP contribution >= 0.6 is 0 Å². The van der Waals surface area contributed by atoms with Crippen molar-refractivity contribution in [3.8, 4) is 0 Å². The van der Waals surface area contributed by atoms with Gasteiger partial charge in [-0.05, 0) is 56.5 Å². The summed E-state index contributed by atoms with van der Waals surface area (Å²) in [7, 11) is -1.95. The molecule has 0 spiro atoms. The molecule has 0 radical (unpaired) electrons. The minimum atomic E-state index is -1.95. The number of carbonyl (C=O) groups excluding carboxylic acids is 2. The molecule has 0 N–H and O–H groups in total. The largest absolute Gasteiger partial charge is 0.462 e. The average Bonchev–Trinajstić information content (AvgIpc) is 3.25. The molecule has 0 aliphatic carbocycles. The van der Waals surface area contributed by atoms with Crippen molar-refractivity contribution in [3.63, 3.8) is 0 Å². The van der Waals surface area contributed by atoms with Gasteiger partial charge in [0.2, 0.25) is 0 Å². The van der Waals surface area contributed by atoms with Gasteiger partial charge in [-0.15, -0.1) is 0 Å². The van der Waals surface area contributed by atoms with Gasteiger partial charge in [0.25, 0.3) is 0 Å². The Balaban J connectivity index is 1.98. The van der Waals surface area contributed by atoms with Crippen LogP contribution in [0.5, 0.6) is 0 Å². The van der Waals surface area contributed by atoms with Crippen molar-refractivity contribution in [2.45, 2.75) is 104 Å². The number of rotatable bonds is 5. The van der Waals surface area contributed by atoms with E-state index in [1.165, 1.54) is 6.92 Å². The molecule has 6 nitrogen and oxygen atoms in total. The first-order valence-corrected chi connectivity index (χ1v) is 15.5. The van der Waals surface area contributed by atoms with Crippen molar-refractivity contribution in [1.29, 1.82) is 0 Å². The summed E-state index contributed by atoms with van der Waals surface area (Å²) in [5.74, 6) is 0.478. The van der Waals surface area contributed by atoms with E-state index in [0.717, 1.165) is 28.2 Å². The first kappa shape index (κ1) is 27.5. The second kappa shape index (κ2) is 10.5. The normalized spacial score (nSPS) is 27.1. The van der Waals surface area contributed by atoms with Crippen LogP contribution in [0.25, 0.3) is 6.08 Å². The van der Waals surface area contributed by atoms with Crippen LogP contribution < -0.4 is 0 Å². The molecule has 2 aliphatic rings. The molecule has 1 aromatic rings. The van der Waals surface area contributed by atoms with Crippen LogP contribution in [0.3, 0.4) is 0 Å². The second-order valence-corrected chi connectivity index (χ2v) is 16.7. The highest BCUT2D eigenvalue weighted by Gasteiger charge is 2.43. The number of hydrogen-bond donors (Lipinski definition) is 0. The molecule has 0 saturated carbocycles. The van der Waals surface area contributed by atoms with E-state index in [1.807, 2.05) is 19.9 Å². The van der Waals surface area contributed by atoms with E-state index < -0.39 is 26.3 Å². The summed E-state index contributed by atoms with van der Waals surface area (Å²) in [6.07, 6.45) is 3.48. The fourth-order valence-electron chi connectivity index (χ4n) is 4.57. The smallest absolute Gasteiger partial charge is 0.313 e. The van der Waals surface area contributed by atoms with Crippen molar-refractivity contribution >= 4 is 26.3 Å². The van der Waals surface area contributed by atoms with Crippen molar-refractivity contribution in [1.82, 2.24) is 0 Å². The zero-order valence-electron chi connectivity index (χ0n) is 22.7. The van der Waals surface area contributed by atoms with Gasteiger partial charge in [-0.25, -0.2) is 0 Å². The molecule has 1 aromatic heterocycles. The van der Waals surface area contributed by atoms with E-state index in [0.29, 0.717) is 32.3 Å². The number of furan rings is 1. The van der Waals surface area contributed by atoms with E-state index in [-0.39, 0.29) is 23.0 Å². The summed E-state index contributed by atoms with van der Waals surface area (Å²) in [5.41, 5.74) is 3.07. The Hall–Kier alpha value is -2.12. The van der Waals surface area contributed by atoms with Gasteiger partial charge >= 0.3 is 11.9 Å². The van der Waals surface area contributed by atoms with Crippen LogP contribution in [0.2, 0.25) is 18.1 Å². The number of carbonyl (C=O) groups is 2. The highest BCUT2D eigenvalue weighted by molar-refractivity contribution is 6.74. The van der Waals surface area contributed by atoms with E-state index in [4.69, 9.17) is 18.3 Å². The Bertz CT molecular complexity index is 996. The minimum Gasteiger partial charge on any atom is -0.462 e. The third kappa shape index (κ3) is 6.76. The zero-order valence-corrected chi connectivity index (χ0v) is 23.7. The third-order valence-electron chi connectivity index (χ3n) is 7.76. The van der Waals surface area contributed by atoms with Crippen LogP contribution in [-0.4, -0.2) is 32.5 Å². The van der Waals surface area contributed by atoms with Crippen LogP contribution in [-0.2, 0) is 36.5 Å². The van der Waals surface area contributed by atoms with Gasteiger partial charge in [0, 0.05) is 31.7 Å². The topological polar surface area (TPSA) is 75.0 Å². The van der Waals surface area contributed by atoms with Crippen molar-refractivity contribution in [2.24, 2.45) is 11.8 Å². The lowest BCUT2D eigenvalue weighted by Gasteiger charge is -2.36. The van der Waals surface area contributed by atoms with Gasteiger partial charge in [-0.2, -0.15) is 0 Å². The molecule has 3 heterocycles. The maximum atomic E-state index is 12.7. The summed E-state index contributed by atoms with van der Waals surface area (Å²) in [6.45, 7) is 21.3. The second-order valence-electron chi connectivity index (χ2n) is 11.9. The Morgan fingerprint density at radius 1 is 1.20 bits per heavy atom. The Kier molecular flexibility index (Phi) is 8.22. The van der Waals surface area contributed by atoms with E-state index in [1.54, 1.807) is 0 Å². The lowest BCUT2D eigenvalue weighted by Crippen LogP contribution is -2.40. The van der Waals surface area contributed by atoms with Gasteiger partial charge in [0.05, 0.1) is 12.5 Å². The molecule has 4 atom stereocenters. The zero-order chi connectivity index (χ0) is 26.1. The van der Waals surface area contributed by atoms with Gasteiger partial charge in [-0.3, -0.25) is 9.59 Å². The van der Waals surface area contributed by atoms with E-state index >= 15 is 0 Å². The van der Waals surface area contributed by atoms with Crippen molar-refractivity contribution < 1.29 is 27.9 Å². The van der Waals surface area contributed by atoms with Crippen LogP contribution in [0.15, 0.2) is 28.2 Å². The van der Waals surface area contributed by atoms with E-state index in [2.05, 4.69) is 46.5 Å². The molecule has 0 amide bonds. The molecule has 1 fully saturated rings. The molecule has 7 heteroatoms. The number of hydrogen-bond acceptors (Lipinski definition) is 6. The maximum Gasteiger partial charge on any atom is 0.313 e. The monoisotopic (exact) mass is 502 g/mol. The van der Waals surface area contributed by atoms with Crippen molar-refractivity contribution in [3.05, 3.63) is 40.9 Å². The lowest BCUT2D eigenvalue weighted by molar-refractivity contribution is -0.156. The molecule has 4 bridgehead atoms. The molecule has 0 aromatic carbocycles. The summed E-state index contributed by atoms with van der Waals surface area (Å²) >= 11 is 0. The summed E-state index contributed by atoms with van der Waals surface area (Å²) < 4.78 is 24.2. The SMILES string of the molecule is C=C(C)[C@H]1Cc2oc(cc2CO[Si](C)(C)C(C)(C)C)/C=C(\C)C[C@@H]2CC(C(=O)O2)[C@@H](OC(C)=O)C1. The number of ether oxygens (including phenoxy) is 2. The predicted molar refractivity (Wildman–Crippen MR) is 139 cm³/mol. The highest BCUT2D eigenvalue weighted by Crippen LogP contribution is 2.39. The van der Waals surface area contributed by atoms with Gasteiger partial charge in [0.15, 0.2) is 8.32 Å². The van der Waals surface area contributed by atoms with E-state index in [9.17, 15) is 9.59 Å². The molecule has 1 saturated heterocycles. The summed E-state index contributed by atoms with van der Waals surface area (Å²) in [4.78, 5) is 24.7. The van der Waals surface area contributed by atoms with Gasteiger partial charge in [-0.1, -0.05) is 38.5 Å². The third-order valence-corrected chi connectivity index (χ3v) is 12.2. The molecule has 35 heavy (non-hydrogen) atoms. The van der Waals surface area contributed by atoms with Crippen LogP contribution in [0, 0.1) is 11.8 Å². The maximum absolute atomic E-state index is 12.7. The fourth-order valence-corrected chi connectivity index (χ4v) is 5.52. The first-order valence-electron chi connectivity index (χ1n) is 12.6. The first-order chi connectivity index (χ1) is 16.2. The van der Waals surface area contributed by atoms with Gasteiger partial charge in [0.1, 0.15) is 23.7 Å². The molecule has 1 unspecified atom stereocenters. The fraction of sp³-hybridized carbons (Fsp3) is 0.643. The summed E-state index contributed by atoms with van der Waals surface area (Å²) in [6, 6.07) is 2.07. The Morgan fingerprint density at radius 3 is 2.49 bits per heavy atom. The molecule has 194 valence electrons. The summed E-state index contributed by atoms with van der Waals surface area (Å²) in [5, 5.41) is 0.108. The highest BCUT2D eigenvalue weighted by atomic mass is 28.4. The van der Waals surface area contributed by atoms with Crippen molar-refractivity contribution in [2.75, 3.05) is 0 Å². The standard InChI is InChI=1S/C28H42O6Si/c1-17(2)20-13-25-21(16-31-35(8,9)28(5,6)7)12-22(33-25)10-18(3)11-23-15-24(27(30)34-23)26(14-20)32-19(4)29/h10,12,20,23-24,26H,1,11,13-16H2,2-9H3/b18-10+/t20-,23+,24?,26-/m0/s1. The Morgan fingerprint density at radius 2 is 1.89 bits per heavy atom.